The first-order valence-electron chi connectivity index (χ1n) is 6.39. The van der Waals surface area contributed by atoms with Crippen molar-refractivity contribution in [2.24, 2.45) is 11.8 Å². The predicted octanol–water partition coefficient (Wildman–Crippen LogP) is 2.71. The normalized spacial score (nSPS) is 25.5. The monoisotopic (exact) mass is 242 g/mol. The van der Waals surface area contributed by atoms with E-state index in [2.05, 4.69) is 12.8 Å². The number of Topliss-reactive ketones (excluding diaryl/α,β-unsaturated/α-hetero) is 1. The molecule has 0 saturated heterocycles. The first kappa shape index (κ1) is 12.9. The van der Waals surface area contributed by atoms with E-state index in [1.54, 1.807) is 6.07 Å². The van der Waals surface area contributed by atoms with E-state index < -0.39 is 6.10 Å². The Balaban J connectivity index is 2.27. The van der Waals surface area contributed by atoms with Crippen LogP contribution < -0.4 is 0 Å². The summed E-state index contributed by atoms with van der Waals surface area (Å²) in [5, 5.41) is 10.4. The highest BCUT2D eigenvalue weighted by atomic mass is 16.3. The van der Waals surface area contributed by atoms with Gasteiger partial charge < -0.3 is 5.11 Å². The van der Waals surface area contributed by atoms with Gasteiger partial charge in [-0.1, -0.05) is 31.0 Å². The number of hydrogen-bond donors (Lipinski definition) is 1. The summed E-state index contributed by atoms with van der Waals surface area (Å²) >= 11 is 0. The molecule has 2 heteroatoms. The molecule has 3 atom stereocenters. The van der Waals surface area contributed by atoms with Gasteiger partial charge in [-0.25, -0.2) is 0 Å². The Labute approximate surface area is 108 Å². The molecule has 1 aliphatic carbocycles. The van der Waals surface area contributed by atoms with E-state index in [1.165, 1.54) is 0 Å². The number of benzene rings is 1. The lowest BCUT2D eigenvalue weighted by Gasteiger charge is -2.29. The van der Waals surface area contributed by atoms with Crippen LogP contribution in [0.2, 0.25) is 0 Å². The Kier molecular flexibility index (Phi) is 3.84. The van der Waals surface area contributed by atoms with Gasteiger partial charge in [0.1, 0.15) is 5.78 Å². The standard InChI is InChI=1S/C16H18O2/c1-3-12-6-4-5-7-13(12)16(18)14-10-11(2)8-9-15(14)17/h1,4-7,11,14,16,18H,8-10H2,2H3/t11-,14+,16-/m1/s1. The predicted molar refractivity (Wildman–Crippen MR) is 70.8 cm³/mol. The van der Waals surface area contributed by atoms with E-state index in [0.29, 0.717) is 23.5 Å². The van der Waals surface area contributed by atoms with Gasteiger partial charge in [0.2, 0.25) is 0 Å². The minimum atomic E-state index is -0.771. The molecule has 1 aromatic carbocycles. The minimum absolute atomic E-state index is 0.160. The smallest absolute Gasteiger partial charge is 0.138 e. The Morgan fingerprint density at radius 1 is 1.44 bits per heavy atom. The fourth-order valence-electron chi connectivity index (χ4n) is 2.66. The van der Waals surface area contributed by atoms with Gasteiger partial charge in [-0.3, -0.25) is 4.79 Å². The van der Waals surface area contributed by atoms with Crippen molar-refractivity contribution in [2.75, 3.05) is 0 Å². The van der Waals surface area contributed by atoms with Crippen molar-refractivity contribution in [3.05, 3.63) is 35.4 Å². The second-order valence-corrected chi connectivity index (χ2v) is 5.13. The van der Waals surface area contributed by atoms with Gasteiger partial charge in [0.25, 0.3) is 0 Å². The maximum absolute atomic E-state index is 11.9. The topological polar surface area (TPSA) is 37.3 Å². The van der Waals surface area contributed by atoms with Crippen molar-refractivity contribution in [1.82, 2.24) is 0 Å². The number of carbonyl (C=O) groups is 1. The van der Waals surface area contributed by atoms with Crippen molar-refractivity contribution in [3.8, 4) is 12.3 Å². The van der Waals surface area contributed by atoms with Crippen molar-refractivity contribution >= 4 is 5.78 Å². The SMILES string of the molecule is C#Cc1ccccc1[C@@H](O)[C@H]1C[C@H](C)CCC1=O. The highest BCUT2D eigenvalue weighted by Crippen LogP contribution is 2.35. The van der Waals surface area contributed by atoms with Crippen LogP contribution in [0.3, 0.4) is 0 Å². The van der Waals surface area contributed by atoms with Crippen molar-refractivity contribution in [3.63, 3.8) is 0 Å². The average Bonchev–Trinajstić information content (AvgIpc) is 2.40. The summed E-state index contributed by atoms with van der Waals surface area (Å²) in [4.78, 5) is 11.9. The Morgan fingerprint density at radius 3 is 2.89 bits per heavy atom. The molecule has 1 aliphatic rings. The number of hydrogen-bond acceptors (Lipinski definition) is 2. The minimum Gasteiger partial charge on any atom is -0.388 e. The highest BCUT2D eigenvalue weighted by Gasteiger charge is 2.33. The van der Waals surface area contributed by atoms with Gasteiger partial charge in [-0.2, -0.15) is 0 Å². The molecule has 0 radical (unpaired) electrons. The van der Waals surface area contributed by atoms with Gasteiger partial charge in [0, 0.05) is 17.9 Å². The summed E-state index contributed by atoms with van der Waals surface area (Å²) in [6.07, 6.45) is 6.91. The Hall–Kier alpha value is -1.59. The Bertz CT molecular complexity index is 484. The molecule has 18 heavy (non-hydrogen) atoms. The molecule has 1 saturated carbocycles. The quantitative estimate of drug-likeness (QED) is 0.810. The molecule has 2 rings (SSSR count). The fourth-order valence-corrected chi connectivity index (χ4v) is 2.66. The van der Waals surface area contributed by atoms with Gasteiger partial charge >= 0.3 is 0 Å². The zero-order chi connectivity index (χ0) is 13.1. The van der Waals surface area contributed by atoms with Crippen LogP contribution in [0.15, 0.2) is 24.3 Å². The van der Waals surface area contributed by atoms with Crippen LogP contribution in [0, 0.1) is 24.2 Å². The molecule has 1 fully saturated rings. The van der Waals surface area contributed by atoms with Gasteiger partial charge in [-0.15, -0.1) is 6.42 Å². The summed E-state index contributed by atoms with van der Waals surface area (Å²) in [5.74, 6) is 2.91. The lowest BCUT2D eigenvalue weighted by molar-refractivity contribution is -0.129. The summed E-state index contributed by atoms with van der Waals surface area (Å²) in [7, 11) is 0. The van der Waals surface area contributed by atoms with E-state index >= 15 is 0 Å². The van der Waals surface area contributed by atoms with Gasteiger partial charge in [0.15, 0.2) is 0 Å². The van der Waals surface area contributed by atoms with Crippen LogP contribution in [0.5, 0.6) is 0 Å². The van der Waals surface area contributed by atoms with Crippen molar-refractivity contribution in [1.29, 1.82) is 0 Å². The zero-order valence-electron chi connectivity index (χ0n) is 10.6. The van der Waals surface area contributed by atoms with Gasteiger partial charge in [0.05, 0.1) is 6.10 Å². The molecule has 1 N–H and O–H groups in total. The van der Waals surface area contributed by atoms with E-state index in [0.717, 1.165) is 12.8 Å². The first-order valence-corrected chi connectivity index (χ1v) is 6.39. The number of carbonyl (C=O) groups excluding carboxylic acids is 1. The van der Waals surface area contributed by atoms with Crippen molar-refractivity contribution < 1.29 is 9.90 Å². The third-order valence-electron chi connectivity index (χ3n) is 3.77. The van der Waals surface area contributed by atoms with E-state index in [1.807, 2.05) is 18.2 Å². The number of terminal acetylenes is 1. The summed E-state index contributed by atoms with van der Waals surface area (Å²) in [6.45, 7) is 2.12. The van der Waals surface area contributed by atoms with Crippen LogP contribution in [0.4, 0.5) is 0 Å². The lowest BCUT2D eigenvalue weighted by atomic mass is 9.76. The van der Waals surface area contributed by atoms with Crippen LogP contribution in [0.1, 0.15) is 43.4 Å². The number of ketones is 1. The van der Waals surface area contributed by atoms with E-state index in [9.17, 15) is 9.90 Å². The number of aliphatic hydroxyl groups is 1. The first-order chi connectivity index (χ1) is 8.63. The molecule has 0 aliphatic heterocycles. The van der Waals surface area contributed by atoms with E-state index in [-0.39, 0.29) is 11.7 Å². The highest BCUT2D eigenvalue weighted by molar-refractivity contribution is 5.82. The summed E-state index contributed by atoms with van der Waals surface area (Å²) in [6, 6.07) is 7.30. The molecule has 1 aromatic rings. The number of aliphatic hydroxyl groups excluding tert-OH is 1. The third kappa shape index (κ3) is 2.47. The van der Waals surface area contributed by atoms with Crippen LogP contribution in [-0.4, -0.2) is 10.9 Å². The second kappa shape index (κ2) is 5.37. The summed E-state index contributed by atoms with van der Waals surface area (Å²) in [5.41, 5.74) is 1.38. The van der Waals surface area contributed by atoms with Gasteiger partial charge in [-0.05, 0) is 30.4 Å². The lowest BCUT2D eigenvalue weighted by Crippen LogP contribution is -2.29. The maximum Gasteiger partial charge on any atom is 0.138 e. The largest absolute Gasteiger partial charge is 0.388 e. The molecule has 0 bridgehead atoms. The summed E-state index contributed by atoms with van der Waals surface area (Å²) < 4.78 is 0. The molecule has 94 valence electrons. The molecular weight excluding hydrogens is 224 g/mol. The molecule has 0 amide bonds. The molecule has 0 unspecified atom stereocenters. The maximum atomic E-state index is 11.9. The molecule has 0 aromatic heterocycles. The second-order valence-electron chi connectivity index (χ2n) is 5.13. The van der Waals surface area contributed by atoms with E-state index in [4.69, 9.17) is 6.42 Å². The molecule has 0 spiro atoms. The van der Waals surface area contributed by atoms with Crippen LogP contribution >= 0.6 is 0 Å². The molecular formula is C16H18O2. The van der Waals surface area contributed by atoms with Crippen LogP contribution in [0.25, 0.3) is 0 Å². The molecule has 0 heterocycles. The fraction of sp³-hybridized carbons (Fsp3) is 0.438. The Morgan fingerprint density at radius 2 is 2.17 bits per heavy atom. The zero-order valence-corrected chi connectivity index (χ0v) is 10.6. The molecule has 2 nitrogen and oxygen atoms in total. The third-order valence-corrected chi connectivity index (χ3v) is 3.77. The number of rotatable bonds is 2. The van der Waals surface area contributed by atoms with Crippen LogP contribution in [-0.2, 0) is 4.79 Å². The van der Waals surface area contributed by atoms with Crippen molar-refractivity contribution in [2.45, 2.75) is 32.3 Å². The average molecular weight is 242 g/mol.